The number of ether oxygens (including phenoxy) is 2. The second kappa shape index (κ2) is 8.38. The van der Waals surface area contributed by atoms with Crippen LogP contribution >= 0.6 is 0 Å². The van der Waals surface area contributed by atoms with E-state index in [-0.39, 0.29) is 12.5 Å². The third-order valence-electron chi connectivity index (χ3n) is 2.65. The number of carbonyl (C=O) groups is 2. The van der Waals surface area contributed by atoms with Crippen LogP contribution in [0.2, 0.25) is 0 Å². The van der Waals surface area contributed by atoms with Gasteiger partial charge in [-0.1, -0.05) is 30.3 Å². The molecule has 0 saturated carbocycles. The van der Waals surface area contributed by atoms with Gasteiger partial charge in [0.05, 0.1) is 6.61 Å². The molecule has 1 rings (SSSR count). The fraction of sp³-hybridized carbons (Fsp3) is 0.500. The summed E-state index contributed by atoms with van der Waals surface area (Å²) in [4.78, 5) is 23.9. The molecule has 0 heterocycles. The zero-order chi connectivity index (χ0) is 16.6. The molecule has 0 fully saturated rings. The van der Waals surface area contributed by atoms with Gasteiger partial charge in [-0.3, -0.25) is 4.79 Å². The molecule has 6 heteroatoms. The average molecular weight is 308 g/mol. The molecule has 0 aliphatic rings. The highest BCUT2D eigenvalue weighted by molar-refractivity contribution is 5.85. The summed E-state index contributed by atoms with van der Waals surface area (Å²) >= 11 is 0. The van der Waals surface area contributed by atoms with Crippen LogP contribution in [0, 0.1) is 0 Å². The highest BCUT2D eigenvalue weighted by atomic mass is 16.6. The summed E-state index contributed by atoms with van der Waals surface area (Å²) < 4.78 is 10.1. The molecule has 2 N–H and O–H groups in total. The number of benzene rings is 1. The van der Waals surface area contributed by atoms with Crippen molar-refractivity contribution in [2.24, 2.45) is 0 Å². The maximum atomic E-state index is 12.1. The van der Waals surface area contributed by atoms with Crippen LogP contribution in [-0.2, 0) is 20.8 Å². The molecule has 2 amide bonds. The van der Waals surface area contributed by atoms with E-state index in [1.807, 2.05) is 30.3 Å². The number of nitrogens with one attached hydrogen (secondary N) is 2. The van der Waals surface area contributed by atoms with Gasteiger partial charge in [0.25, 0.3) is 0 Å². The van der Waals surface area contributed by atoms with Crippen molar-refractivity contribution in [2.45, 2.75) is 39.0 Å². The Morgan fingerprint density at radius 1 is 1.18 bits per heavy atom. The van der Waals surface area contributed by atoms with Crippen molar-refractivity contribution in [1.29, 1.82) is 0 Å². The molecule has 0 aliphatic carbocycles. The Labute approximate surface area is 131 Å². The maximum absolute atomic E-state index is 12.1. The third-order valence-corrected chi connectivity index (χ3v) is 2.65. The molecule has 1 aromatic carbocycles. The predicted octanol–water partition coefficient (Wildman–Crippen LogP) is 1.84. The molecule has 0 saturated heterocycles. The van der Waals surface area contributed by atoms with Gasteiger partial charge in [-0.05, 0) is 26.3 Å². The molecule has 0 unspecified atom stereocenters. The highest BCUT2D eigenvalue weighted by Gasteiger charge is 2.24. The molecule has 0 spiro atoms. The summed E-state index contributed by atoms with van der Waals surface area (Å²) in [5.41, 5.74) is 0.353. The zero-order valence-corrected chi connectivity index (χ0v) is 13.5. The van der Waals surface area contributed by atoms with Gasteiger partial charge >= 0.3 is 6.09 Å². The fourth-order valence-corrected chi connectivity index (χ4v) is 1.71. The van der Waals surface area contributed by atoms with Crippen LogP contribution in [0.25, 0.3) is 0 Å². The summed E-state index contributed by atoms with van der Waals surface area (Å²) in [6.07, 6.45) is -0.649. The van der Waals surface area contributed by atoms with Gasteiger partial charge in [-0.25, -0.2) is 4.79 Å². The minimum Gasteiger partial charge on any atom is -0.444 e. The molecule has 0 bridgehead atoms. The largest absolute Gasteiger partial charge is 0.444 e. The number of alkyl carbamates (subject to hydrolysis) is 1. The third kappa shape index (κ3) is 7.08. The summed E-state index contributed by atoms with van der Waals surface area (Å²) in [6, 6.07) is 8.71. The van der Waals surface area contributed by atoms with E-state index >= 15 is 0 Å². The van der Waals surface area contributed by atoms with E-state index in [0.29, 0.717) is 6.54 Å². The van der Waals surface area contributed by atoms with Crippen LogP contribution < -0.4 is 10.6 Å². The summed E-state index contributed by atoms with van der Waals surface area (Å²) in [5, 5.41) is 5.28. The lowest BCUT2D eigenvalue weighted by Crippen LogP contribution is -2.50. The van der Waals surface area contributed by atoms with Crippen LogP contribution in [-0.4, -0.2) is 37.4 Å². The highest BCUT2D eigenvalue weighted by Crippen LogP contribution is 2.07. The lowest BCUT2D eigenvalue weighted by molar-refractivity contribution is -0.124. The van der Waals surface area contributed by atoms with Crippen molar-refractivity contribution in [2.75, 3.05) is 13.7 Å². The normalized spacial score (nSPS) is 12.4. The van der Waals surface area contributed by atoms with E-state index in [9.17, 15) is 9.59 Å². The topological polar surface area (TPSA) is 76.7 Å². The Morgan fingerprint density at radius 2 is 1.82 bits per heavy atom. The lowest BCUT2D eigenvalue weighted by Gasteiger charge is -2.23. The van der Waals surface area contributed by atoms with E-state index in [1.54, 1.807) is 20.8 Å². The van der Waals surface area contributed by atoms with Crippen molar-refractivity contribution in [3.05, 3.63) is 35.9 Å². The first-order chi connectivity index (χ1) is 10.3. The van der Waals surface area contributed by atoms with Crippen molar-refractivity contribution in [3.63, 3.8) is 0 Å². The molecule has 1 atom stereocenters. The Balaban J connectivity index is 2.54. The minimum atomic E-state index is -0.802. The first-order valence-electron chi connectivity index (χ1n) is 7.12. The van der Waals surface area contributed by atoms with Gasteiger partial charge in [0.2, 0.25) is 5.91 Å². The summed E-state index contributed by atoms with van der Waals surface area (Å²) in [5.74, 6) is -0.323. The van der Waals surface area contributed by atoms with Gasteiger partial charge < -0.3 is 20.1 Å². The molecule has 122 valence electrons. The van der Waals surface area contributed by atoms with Gasteiger partial charge in [0.15, 0.2) is 0 Å². The van der Waals surface area contributed by atoms with Gasteiger partial charge in [0.1, 0.15) is 11.6 Å². The monoisotopic (exact) mass is 308 g/mol. The first kappa shape index (κ1) is 18.0. The zero-order valence-electron chi connectivity index (χ0n) is 13.5. The van der Waals surface area contributed by atoms with E-state index in [2.05, 4.69) is 10.6 Å². The maximum Gasteiger partial charge on any atom is 0.408 e. The fourth-order valence-electron chi connectivity index (χ4n) is 1.71. The Bertz CT molecular complexity index is 483. The Morgan fingerprint density at radius 3 is 2.36 bits per heavy atom. The molecule has 1 aromatic rings. The molecule has 22 heavy (non-hydrogen) atoms. The van der Waals surface area contributed by atoms with E-state index in [0.717, 1.165) is 5.56 Å². The smallest absolute Gasteiger partial charge is 0.408 e. The second-order valence-electron chi connectivity index (χ2n) is 5.86. The van der Waals surface area contributed by atoms with Crippen LogP contribution in [0.1, 0.15) is 26.3 Å². The number of rotatable bonds is 6. The quantitative estimate of drug-likeness (QED) is 0.841. The van der Waals surface area contributed by atoms with Gasteiger partial charge in [0, 0.05) is 13.7 Å². The molecular weight excluding hydrogens is 284 g/mol. The van der Waals surface area contributed by atoms with Crippen LogP contribution in [0.4, 0.5) is 4.79 Å². The lowest BCUT2D eigenvalue weighted by atomic mass is 10.2. The van der Waals surface area contributed by atoms with Crippen molar-refractivity contribution in [1.82, 2.24) is 10.6 Å². The molecule has 0 aromatic heterocycles. The molecular formula is C16H24N2O4. The van der Waals surface area contributed by atoms with Crippen LogP contribution in [0.15, 0.2) is 30.3 Å². The van der Waals surface area contributed by atoms with Gasteiger partial charge in [-0.15, -0.1) is 0 Å². The number of hydrogen-bond acceptors (Lipinski definition) is 4. The number of carbonyl (C=O) groups excluding carboxylic acids is 2. The van der Waals surface area contributed by atoms with Crippen LogP contribution in [0.3, 0.4) is 0 Å². The number of amides is 2. The van der Waals surface area contributed by atoms with E-state index in [4.69, 9.17) is 9.47 Å². The standard InChI is InChI=1S/C16H24N2O4/c1-16(2,3)22-15(20)18-13(11-21-4)14(19)17-10-12-8-6-5-7-9-12/h5-9,13H,10-11H2,1-4H3,(H,17,19)(H,18,20)/t13-/m1/s1. The first-order valence-corrected chi connectivity index (χ1v) is 7.12. The van der Waals surface area contributed by atoms with Gasteiger partial charge in [-0.2, -0.15) is 0 Å². The Kier molecular flexibility index (Phi) is 6.85. The van der Waals surface area contributed by atoms with Crippen molar-refractivity contribution >= 4 is 12.0 Å². The second-order valence-corrected chi connectivity index (χ2v) is 5.86. The molecule has 0 radical (unpaired) electrons. The van der Waals surface area contributed by atoms with Crippen molar-refractivity contribution in [3.8, 4) is 0 Å². The van der Waals surface area contributed by atoms with Crippen LogP contribution in [0.5, 0.6) is 0 Å². The summed E-state index contributed by atoms with van der Waals surface area (Å²) in [7, 11) is 1.47. The minimum absolute atomic E-state index is 0.0693. The van der Waals surface area contributed by atoms with Crippen molar-refractivity contribution < 1.29 is 19.1 Å². The molecule has 6 nitrogen and oxygen atoms in total. The predicted molar refractivity (Wildman–Crippen MR) is 83.3 cm³/mol. The van der Waals surface area contributed by atoms with E-state index in [1.165, 1.54) is 7.11 Å². The SMILES string of the molecule is COC[C@@H](NC(=O)OC(C)(C)C)C(=O)NCc1ccccc1. The number of hydrogen-bond donors (Lipinski definition) is 2. The Hall–Kier alpha value is -2.08. The molecule has 0 aliphatic heterocycles. The summed E-state index contributed by atoms with van der Waals surface area (Å²) in [6.45, 7) is 5.73. The number of methoxy groups -OCH3 is 1. The van der Waals surface area contributed by atoms with E-state index < -0.39 is 17.7 Å². The average Bonchev–Trinajstić information content (AvgIpc) is 2.43.